The molecule has 2 aromatic rings. The van der Waals surface area contributed by atoms with Gasteiger partial charge in [0, 0.05) is 23.4 Å². The van der Waals surface area contributed by atoms with Crippen molar-refractivity contribution >= 4 is 39.9 Å². The van der Waals surface area contributed by atoms with Crippen LogP contribution in [0.1, 0.15) is 32.2 Å². The monoisotopic (exact) mass is 408 g/mol. The first kappa shape index (κ1) is 19.6. The summed E-state index contributed by atoms with van der Waals surface area (Å²) in [5.74, 6) is -0.616. The molecule has 1 aliphatic heterocycles. The fourth-order valence-corrected chi connectivity index (χ4v) is 3.51. The first-order valence-electron chi connectivity index (χ1n) is 8.59. The Hall–Kier alpha value is -2.19. The lowest BCUT2D eigenvalue weighted by atomic mass is 9.98. The molecule has 0 radical (unpaired) electrons. The van der Waals surface area contributed by atoms with Gasteiger partial charge < -0.3 is 9.64 Å². The summed E-state index contributed by atoms with van der Waals surface area (Å²) in [6.07, 6.45) is 0.506. The van der Waals surface area contributed by atoms with Gasteiger partial charge in [-0.2, -0.15) is 0 Å². The maximum atomic E-state index is 12.4. The van der Waals surface area contributed by atoms with Crippen LogP contribution in [0.2, 0.25) is 5.02 Å². The molecule has 1 atom stereocenters. The second-order valence-electron chi connectivity index (χ2n) is 7.35. The van der Waals surface area contributed by atoms with E-state index in [0.29, 0.717) is 35.4 Å². The molecule has 27 heavy (non-hydrogen) atoms. The molecule has 9 heteroatoms. The van der Waals surface area contributed by atoms with Crippen molar-refractivity contribution < 1.29 is 14.3 Å². The predicted octanol–water partition coefficient (Wildman–Crippen LogP) is 3.11. The molecule has 0 spiro atoms. The molecule has 1 saturated heterocycles. The minimum atomic E-state index is -0.709. The summed E-state index contributed by atoms with van der Waals surface area (Å²) < 4.78 is 5.84. The van der Waals surface area contributed by atoms with E-state index in [1.165, 1.54) is 16.2 Å². The van der Waals surface area contributed by atoms with Crippen LogP contribution in [0.5, 0.6) is 5.75 Å². The summed E-state index contributed by atoms with van der Waals surface area (Å²) in [4.78, 5) is 26.1. The summed E-state index contributed by atoms with van der Waals surface area (Å²) >= 11 is 7.13. The molecule has 2 heterocycles. The molecule has 1 N–H and O–H groups in total. The average molecular weight is 409 g/mol. The average Bonchev–Trinajstić information content (AvgIpc) is 3.25. The number of rotatable bonds is 3. The summed E-state index contributed by atoms with van der Waals surface area (Å²) in [6, 6.07) is 7.05. The van der Waals surface area contributed by atoms with E-state index in [-0.39, 0.29) is 11.5 Å². The van der Waals surface area contributed by atoms with E-state index in [2.05, 4.69) is 15.5 Å². The van der Waals surface area contributed by atoms with Crippen LogP contribution >= 0.6 is 22.9 Å². The Morgan fingerprint density at radius 3 is 2.59 bits per heavy atom. The number of hydrogen-bond acceptors (Lipinski definition) is 6. The zero-order valence-electron chi connectivity index (χ0n) is 15.4. The third-order valence-electron chi connectivity index (χ3n) is 4.03. The van der Waals surface area contributed by atoms with Crippen LogP contribution in [0, 0.1) is 0 Å². The van der Waals surface area contributed by atoms with Gasteiger partial charge in [0.15, 0.2) is 0 Å². The Labute approximate surface area is 166 Å². The second kappa shape index (κ2) is 7.82. The highest BCUT2D eigenvalue weighted by Gasteiger charge is 2.32. The van der Waals surface area contributed by atoms with Crippen molar-refractivity contribution in [1.82, 2.24) is 15.1 Å². The standard InChI is InChI=1S/C18H21ClN4O3S/c1-18(2,3)16-21-22-17(27-16)20-14(24)15(25)23-9-8-13(10-23)26-12-6-4-11(19)5-7-12/h4-7,13H,8-10H2,1-3H3,(H,20,22,24). The van der Waals surface area contributed by atoms with Crippen molar-refractivity contribution in [2.45, 2.75) is 38.7 Å². The quantitative estimate of drug-likeness (QED) is 0.789. The zero-order chi connectivity index (χ0) is 19.6. The molecule has 7 nitrogen and oxygen atoms in total. The van der Waals surface area contributed by atoms with Gasteiger partial charge in [0.25, 0.3) is 0 Å². The third-order valence-corrected chi connectivity index (χ3v) is 5.55. The van der Waals surface area contributed by atoms with Crippen molar-refractivity contribution in [2.75, 3.05) is 18.4 Å². The number of halogens is 1. The number of amides is 2. The van der Waals surface area contributed by atoms with Crippen LogP contribution in [-0.4, -0.2) is 46.1 Å². The van der Waals surface area contributed by atoms with Crippen molar-refractivity contribution in [2.24, 2.45) is 0 Å². The fraction of sp³-hybridized carbons (Fsp3) is 0.444. The highest BCUT2D eigenvalue weighted by molar-refractivity contribution is 7.15. The number of aromatic nitrogens is 2. The maximum Gasteiger partial charge on any atom is 0.315 e. The summed E-state index contributed by atoms with van der Waals surface area (Å²) in [5, 5.41) is 12.3. The zero-order valence-corrected chi connectivity index (χ0v) is 16.9. The van der Waals surface area contributed by atoms with Gasteiger partial charge in [0.05, 0.1) is 6.54 Å². The number of carbonyl (C=O) groups excluding carboxylic acids is 2. The smallest absolute Gasteiger partial charge is 0.315 e. The van der Waals surface area contributed by atoms with E-state index in [4.69, 9.17) is 16.3 Å². The summed E-state index contributed by atoms with van der Waals surface area (Å²) in [7, 11) is 0. The van der Waals surface area contributed by atoms with Gasteiger partial charge in [0.2, 0.25) is 5.13 Å². The molecule has 1 unspecified atom stereocenters. The Bertz CT molecular complexity index is 832. The van der Waals surface area contributed by atoms with Crippen LogP contribution < -0.4 is 10.1 Å². The molecule has 0 saturated carbocycles. The van der Waals surface area contributed by atoms with E-state index in [0.717, 1.165) is 5.01 Å². The molecular weight excluding hydrogens is 388 g/mol. The number of carbonyl (C=O) groups is 2. The minimum Gasteiger partial charge on any atom is -0.489 e. The number of nitrogens with one attached hydrogen (secondary N) is 1. The SMILES string of the molecule is CC(C)(C)c1nnc(NC(=O)C(=O)N2CCC(Oc3ccc(Cl)cc3)C2)s1. The van der Waals surface area contributed by atoms with Gasteiger partial charge in [-0.05, 0) is 24.3 Å². The van der Waals surface area contributed by atoms with E-state index in [9.17, 15) is 9.59 Å². The number of likely N-dealkylation sites (tertiary alicyclic amines) is 1. The van der Waals surface area contributed by atoms with E-state index in [1.54, 1.807) is 24.3 Å². The van der Waals surface area contributed by atoms with E-state index in [1.807, 2.05) is 20.8 Å². The van der Waals surface area contributed by atoms with Crippen LogP contribution in [0.3, 0.4) is 0 Å². The molecule has 1 fully saturated rings. The number of nitrogens with zero attached hydrogens (tertiary/aromatic N) is 3. The molecule has 1 aromatic heterocycles. The lowest BCUT2D eigenvalue weighted by Gasteiger charge is -2.16. The lowest BCUT2D eigenvalue weighted by molar-refractivity contribution is -0.142. The molecule has 0 aliphatic carbocycles. The molecule has 144 valence electrons. The van der Waals surface area contributed by atoms with Crippen LogP contribution in [0.25, 0.3) is 0 Å². The van der Waals surface area contributed by atoms with Gasteiger partial charge >= 0.3 is 11.8 Å². The van der Waals surface area contributed by atoms with Crippen molar-refractivity contribution in [3.63, 3.8) is 0 Å². The van der Waals surface area contributed by atoms with Crippen LogP contribution in [0.4, 0.5) is 5.13 Å². The Morgan fingerprint density at radius 2 is 1.96 bits per heavy atom. The Morgan fingerprint density at radius 1 is 1.26 bits per heavy atom. The van der Waals surface area contributed by atoms with Gasteiger partial charge in [-0.25, -0.2) is 0 Å². The maximum absolute atomic E-state index is 12.4. The highest BCUT2D eigenvalue weighted by Crippen LogP contribution is 2.27. The third kappa shape index (κ3) is 4.95. The predicted molar refractivity (Wildman–Crippen MR) is 104 cm³/mol. The number of benzene rings is 1. The fourth-order valence-electron chi connectivity index (χ4n) is 2.59. The first-order chi connectivity index (χ1) is 12.7. The van der Waals surface area contributed by atoms with Gasteiger partial charge in [-0.15, -0.1) is 10.2 Å². The highest BCUT2D eigenvalue weighted by atomic mass is 35.5. The van der Waals surface area contributed by atoms with Gasteiger partial charge in [-0.1, -0.05) is 43.7 Å². The normalized spacial score (nSPS) is 17.0. The second-order valence-corrected chi connectivity index (χ2v) is 8.76. The van der Waals surface area contributed by atoms with Crippen molar-refractivity contribution in [3.8, 4) is 5.75 Å². The van der Waals surface area contributed by atoms with Crippen LogP contribution in [0.15, 0.2) is 24.3 Å². The molecule has 1 aromatic carbocycles. The number of ether oxygens (including phenoxy) is 1. The molecule has 1 aliphatic rings. The Balaban J connectivity index is 1.54. The summed E-state index contributed by atoms with van der Waals surface area (Å²) in [5.41, 5.74) is -0.161. The number of hydrogen-bond donors (Lipinski definition) is 1. The molecule has 3 rings (SSSR count). The minimum absolute atomic E-state index is 0.156. The van der Waals surface area contributed by atoms with Gasteiger partial charge in [-0.3, -0.25) is 14.9 Å². The molecule has 0 bridgehead atoms. The lowest BCUT2D eigenvalue weighted by Crippen LogP contribution is -2.39. The van der Waals surface area contributed by atoms with Gasteiger partial charge in [0.1, 0.15) is 16.9 Å². The Kier molecular flexibility index (Phi) is 5.67. The van der Waals surface area contributed by atoms with E-state index >= 15 is 0 Å². The summed E-state index contributed by atoms with van der Waals surface area (Å²) in [6.45, 7) is 6.85. The molecular formula is C18H21ClN4O3S. The van der Waals surface area contributed by atoms with E-state index < -0.39 is 11.8 Å². The van der Waals surface area contributed by atoms with Crippen molar-refractivity contribution in [1.29, 1.82) is 0 Å². The largest absolute Gasteiger partial charge is 0.489 e. The van der Waals surface area contributed by atoms with Crippen molar-refractivity contribution in [3.05, 3.63) is 34.3 Å². The molecule has 2 amide bonds. The first-order valence-corrected chi connectivity index (χ1v) is 9.78. The topological polar surface area (TPSA) is 84.4 Å². The van der Waals surface area contributed by atoms with Crippen LogP contribution in [-0.2, 0) is 15.0 Å². The number of anilines is 1.